The van der Waals surface area contributed by atoms with Gasteiger partial charge >= 0.3 is 0 Å². The van der Waals surface area contributed by atoms with Crippen LogP contribution in [0.15, 0.2) is 23.0 Å². The fourth-order valence-corrected chi connectivity index (χ4v) is 3.18. The van der Waals surface area contributed by atoms with Gasteiger partial charge in [0.1, 0.15) is 18.0 Å². The Morgan fingerprint density at radius 2 is 1.83 bits per heavy atom. The Kier molecular flexibility index (Phi) is 7.29. The fraction of sp³-hybridized carbons (Fsp3) is 0.609. The van der Waals surface area contributed by atoms with Crippen molar-refractivity contribution in [3.05, 3.63) is 34.2 Å². The molecule has 1 heterocycles. The van der Waals surface area contributed by atoms with Gasteiger partial charge in [-0.3, -0.25) is 14.2 Å². The number of aliphatic hydroxyl groups excluding tert-OH is 1. The van der Waals surface area contributed by atoms with Crippen molar-refractivity contribution in [2.75, 3.05) is 26.8 Å². The van der Waals surface area contributed by atoms with Crippen molar-refractivity contribution in [1.29, 1.82) is 0 Å². The maximum absolute atomic E-state index is 13.3. The van der Waals surface area contributed by atoms with Crippen LogP contribution in [0.3, 0.4) is 0 Å². The van der Waals surface area contributed by atoms with E-state index in [0.717, 1.165) is 6.42 Å². The molecule has 0 saturated heterocycles. The fourth-order valence-electron chi connectivity index (χ4n) is 3.18. The second kappa shape index (κ2) is 9.16. The Bertz CT molecular complexity index is 952. The summed E-state index contributed by atoms with van der Waals surface area (Å²) < 4.78 is 6.79. The Balaban J connectivity index is 2.53. The number of ether oxygens (including phenoxy) is 1. The van der Waals surface area contributed by atoms with Gasteiger partial charge in [0.2, 0.25) is 5.91 Å². The summed E-state index contributed by atoms with van der Waals surface area (Å²) in [5, 5.41) is 9.44. The largest absolute Gasteiger partial charge is 0.497 e. The monoisotopic (exact) mass is 417 g/mol. The van der Waals surface area contributed by atoms with Crippen molar-refractivity contribution in [2.24, 2.45) is 5.41 Å². The summed E-state index contributed by atoms with van der Waals surface area (Å²) in [6.45, 7) is 12.6. The highest BCUT2D eigenvalue weighted by Crippen LogP contribution is 2.23. The number of aliphatic hydroxyl groups is 1. The van der Waals surface area contributed by atoms with Crippen molar-refractivity contribution in [3.63, 3.8) is 0 Å². The van der Waals surface area contributed by atoms with E-state index in [1.165, 1.54) is 4.57 Å². The van der Waals surface area contributed by atoms with Gasteiger partial charge in [0.15, 0.2) is 0 Å². The molecule has 1 aromatic heterocycles. The third-order valence-electron chi connectivity index (χ3n) is 5.01. The van der Waals surface area contributed by atoms with Crippen LogP contribution in [0.5, 0.6) is 5.75 Å². The number of hydrogen-bond acceptors (Lipinski definition) is 5. The van der Waals surface area contributed by atoms with Gasteiger partial charge in [0.25, 0.3) is 5.56 Å². The van der Waals surface area contributed by atoms with E-state index in [-0.39, 0.29) is 36.6 Å². The standard InChI is InChI=1S/C23H35N3O4/c1-22(2,3)10-11-25(12-13-27)19(28)15-26-18-14-16(30-7)8-9-17(18)24-20(21(26)29)23(4,5)6/h8-9,14,27H,10-13,15H2,1-7H3. The highest BCUT2D eigenvalue weighted by molar-refractivity contribution is 5.81. The van der Waals surface area contributed by atoms with Gasteiger partial charge in [-0.05, 0) is 24.0 Å². The quantitative estimate of drug-likeness (QED) is 0.749. The summed E-state index contributed by atoms with van der Waals surface area (Å²) in [6, 6.07) is 5.32. The van der Waals surface area contributed by atoms with Crippen molar-refractivity contribution in [3.8, 4) is 5.75 Å². The molecular formula is C23H35N3O4. The van der Waals surface area contributed by atoms with Crippen LogP contribution in [0, 0.1) is 5.41 Å². The summed E-state index contributed by atoms with van der Waals surface area (Å²) in [5.74, 6) is 0.388. The van der Waals surface area contributed by atoms with Crippen LogP contribution in [0.4, 0.5) is 0 Å². The third-order valence-corrected chi connectivity index (χ3v) is 5.01. The molecule has 0 aliphatic carbocycles. The minimum atomic E-state index is -0.465. The van der Waals surface area contributed by atoms with Crippen LogP contribution in [0.25, 0.3) is 11.0 Å². The van der Waals surface area contributed by atoms with Gasteiger partial charge < -0.3 is 14.7 Å². The van der Waals surface area contributed by atoms with Crippen molar-refractivity contribution in [2.45, 2.75) is 59.9 Å². The molecule has 0 bridgehead atoms. The minimum Gasteiger partial charge on any atom is -0.497 e. The van der Waals surface area contributed by atoms with Crippen LogP contribution in [0.2, 0.25) is 0 Å². The Morgan fingerprint density at radius 1 is 1.17 bits per heavy atom. The smallest absolute Gasteiger partial charge is 0.273 e. The van der Waals surface area contributed by atoms with Crippen LogP contribution in [-0.2, 0) is 16.8 Å². The third kappa shape index (κ3) is 5.81. The topological polar surface area (TPSA) is 84.7 Å². The second-order valence-corrected chi connectivity index (χ2v) is 9.87. The number of benzene rings is 1. The van der Waals surface area contributed by atoms with E-state index in [2.05, 4.69) is 25.8 Å². The van der Waals surface area contributed by atoms with E-state index >= 15 is 0 Å². The zero-order chi connectivity index (χ0) is 22.7. The lowest BCUT2D eigenvalue weighted by atomic mass is 9.92. The SMILES string of the molecule is COc1ccc2nc(C(C)(C)C)c(=O)n(CC(=O)N(CCO)CCC(C)(C)C)c2c1. The average molecular weight is 418 g/mol. The summed E-state index contributed by atoms with van der Waals surface area (Å²) >= 11 is 0. The van der Waals surface area contributed by atoms with E-state index < -0.39 is 5.41 Å². The Morgan fingerprint density at radius 3 is 2.37 bits per heavy atom. The summed E-state index contributed by atoms with van der Waals surface area (Å²) in [7, 11) is 1.56. The molecule has 7 heteroatoms. The zero-order valence-corrected chi connectivity index (χ0v) is 19.3. The molecule has 0 spiro atoms. The van der Waals surface area contributed by atoms with E-state index in [9.17, 15) is 14.7 Å². The van der Waals surface area contributed by atoms with E-state index in [0.29, 0.717) is 29.0 Å². The number of carbonyl (C=O) groups is 1. The van der Waals surface area contributed by atoms with Gasteiger partial charge in [-0.15, -0.1) is 0 Å². The lowest BCUT2D eigenvalue weighted by molar-refractivity contribution is -0.132. The molecule has 0 aliphatic rings. The van der Waals surface area contributed by atoms with E-state index in [1.54, 1.807) is 30.2 Å². The van der Waals surface area contributed by atoms with Crippen molar-refractivity contribution < 1.29 is 14.6 Å². The average Bonchev–Trinajstić information content (AvgIpc) is 2.64. The summed E-state index contributed by atoms with van der Waals surface area (Å²) in [6.07, 6.45) is 0.797. The number of fused-ring (bicyclic) bond motifs is 1. The number of methoxy groups -OCH3 is 1. The number of rotatable bonds is 7. The van der Waals surface area contributed by atoms with E-state index in [1.807, 2.05) is 20.8 Å². The highest BCUT2D eigenvalue weighted by Gasteiger charge is 2.25. The number of hydrogen-bond donors (Lipinski definition) is 1. The van der Waals surface area contributed by atoms with Gasteiger partial charge in [-0.2, -0.15) is 0 Å². The Hall–Kier alpha value is -2.41. The van der Waals surface area contributed by atoms with Gasteiger partial charge in [-0.1, -0.05) is 41.5 Å². The van der Waals surface area contributed by atoms with Gasteiger partial charge in [-0.25, -0.2) is 4.98 Å². The molecule has 0 aliphatic heterocycles. The first-order valence-electron chi connectivity index (χ1n) is 10.3. The van der Waals surface area contributed by atoms with Crippen LogP contribution < -0.4 is 10.3 Å². The number of aromatic nitrogens is 2. The first-order chi connectivity index (χ1) is 13.9. The normalized spacial score (nSPS) is 12.3. The molecule has 0 atom stereocenters. The number of carbonyl (C=O) groups excluding carboxylic acids is 1. The van der Waals surface area contributed by atoms with E-state index in [4.69, 9.17) is 4.74 Å². The molecular weight excluding hydrogens is 382 g/mol. The summed E-state index contributed by atoms with van der Waals surface area (Å²) in [4.78, 5) is 32.6. The minimum absolute atomic E-state index is 0.0565. The molecule has 0 fully saturated rings. The molecule has 1 amide bonds. The molecule has 1 aromatic carbocycles. The van der Waals surface area contributed by atoms with Gasteiger partial charge in [0.05, 0.1) is 24.8 Å². The van der Waals surface area contributed by atoms with Crippen LogP contribution >= 0.6 is 0 Å². The molecule has 0 unspecified atom stereocenters. The maximum atomic E-state index is 13.3. The Labute approximate surface area is 178 Å². The molecule has 0 saturated carbocycles. The summed E-state index contributed by atoms with van der Waals surface area (Å²) in [5.41, 5.74) is 0.915. The van der Waals surface area contributed by atoms with Gasteiger partial charge in [0, 0.05) is 24.6 Å². The molecule has 2 aromatic rings. The van der Waals surface area contributed by atoms with Crippen LogP contribution in [0.1, 0.15) is 53.7 Å². The zero-order valence-electron chi connectivity index (χ0n) is 19.3. The highest BCUT2D eigenvalue weighted by atomic mass is 16.5. The molecule has 7 nitrogen and oxygen atoms in total. The predicted octanol–water partition coefficient (Wildman–Crippen LogP) is 2.96. The number of amides is 1. The predicted molar refractivity (Wildman–Crippen MR) is 119 cm³/mol. The molecule has 2 rings (SSSR count). The molecule has 30 heavy (non-hydrogen) atoms. The maximum Gasteiger partial charge on any atom is 0.273 e. The molecule has 166 valence electrons. The molecule has 0 radical (unpaired) electrons. The lowest BCUT2D eigenvalue weighted by Crippen LogP contribution is -2.41. The van der Waals surface area contributed by atoms with Crippen molar-refractivity contribution in [1.82, 2.24) is 14.5 Å². The first-order valence-corrected chi connectivity index (χ1v) is 10.3. The van der Waals surface area contributed by atoms with Crippen molar-refractivity contribution >= 4 is 16.9 Å². The molecule has 1 N–H and O–H groups in total. The number of nitrogens with zero attached hydrogens (tertiary/aromatic N) is 3. The lowest BCUT2D eigenvalue weighted by Gasteiger charge is -2.27. The second-order valence-electron chi connectivity index (χ2n) is 9.87. The van der Waals surface area contributed by atoms with Crippen LogP contribution in [-0.4, -0.2) is 52.3 Å². The first kappa shape index (κ1) is 23.9.